The Morgan fingerprint density at radius 2 is 2.40 bits per heavy atom. The average molecular weight is 208 g/mol. The fourth-order valence-electron chi connectivity index (χ4n) is 1.83. The summed E-state index contributed by atoms with van der Waals surface area (Å²) in [6.45, 7) is 3.19. The molecule has 0 spiro atoms. The van der Waals surface area contributed by atoms with Crippen LogP contribution in [0.2, 0.25) is 0 Å². The lowest BCUT2D eigenvalue weighted by atomic mass is 10.0. The third-order valence-electron chi connectivity index (χ3n) is 2.54. The lowest BCUT2D eigenvalue weighted by Gasteiger charge is -2.14. The zero-order valence-electron chi connectivity index (χ0n) is 8.90. The Morgan fingerprint density at radius 1 is 1.53 bits per heavy atom. The van der Waals surface area contributed by atoms with Crippen molar-refractivity contribution in [3.63, 3.8) is 0 Å². The molecule has 0 bridgehead atoms. The van der Waals surface area contributed by atoms with Crippen molar-refractivity contribution in [2.45, 2.75) is 25.9 Å². The molecule has 0 saturated heterocycles. The van der Waals surface area contributed by atoms with Crippen LogP contribution in [-0.2, 0) is 0 Å². The van der Waals surface area contributed by atoms with Crippen molar-refractivity contribution in [3.05, 3.63) is 23.8 Å². The van der Waals surface area contributed by atoms with Crippen molar-refractivity contribution in [3.8, 4) is 11.5 Å². The highest BCUT2D eigenvalue weighted by atomic mass is 16.5. The summed E-state index contributed by atoms with van der Waals surface area (Å²) in [7, 11) is 0. The Balaban J connectivity index is 2.39. The van der Waals surface area contributed by atoms with Gasteiger partial charge in [-0.15, -0.1) is 0 Å². The summed E-state index contributed by atoms with van der Waals surface area (Å²) >= 11 is 0. The largest absolute Gasteiger partial charge is 0.490 e. The van der Waals surface area contributed by atoms with Gasteiger partial charge in [0.25, 0.3) is 0 Å². The van der Waals surface area contributed by atoms with E-state index in [1.54, 1.807) is 0 Å². The zero-order chi connectivity index (χ0) is 10.7. The fraction of sp³-hybridized carbons (Fsp3) is 0.500. The maximum atomic E-state index is 9.90. The maximum Gasteiger partial charge on any atom is 0.166 e. The molecule has 1 aromatic rings. The number of rotatable bonds is 2. The average Bonchev–Trinajstić information content (AvgIpc) is 2.43. The lowest BCUT2D eigenvalue weighted by molar-refractivity contribution is 0.167. The van der Waals surface area contributed by atoms with E-state index in [1.165, 1.54) is 0 Å². The number of ether oxygens (including phenoxy) is 2. The van der Waals surface area contributed by atoms with Crippen molar-refractivity contribution < 1.29 is 14.6 Å². The molecule has 1 atom stereocenters. The van der Waals surface area contributed by atoms with Crippen molar-refractivity contribution in [1.82, 2.24) is 0 Å². The van der Waals surface area contributed by atoms with E-state index < -0.39 is 6.10 Å². The van der Waals surface area contributed by atoms with E-state index in [9.17, 15) is 5.11 Å². The van der Waals surface area contributed by atoms with Crippen molar-refractivity contribution in [2.24, 2.45) is 0 Å². The van der Waals surface area contributed by atoms with Crippen LogP contribution in [0.5, 0.6) is 11.5 Å². The molecule has 1 unspecified atom stereocenters. The molecular formula is C12H16O3. The molecule has 15 heavy (non-hydrogen) atoms. The van der Waals surface area contributed by atoms with Crippen LogP contribution in [0.25, 0.3) is 0 Å². The standard InChI is InChI=1S/C12H16O3/c1-2-14-11-7-3-5-9-10(13)6-4-8-15-12(9)11/h3,5,7,10,13H,2,4,6,8H2,1H3. The van der Waals surface area contributed by atoms with Gasteiger partial charge in [0, 0.05) is 5.56 Å². The van der Waals surface area contributed by atoms with Gasteiger partial charge in [-0.1, -0.05) is 12.1 Å². The number of fused-ring (bicyclic) bond motifs is 1. The molecule has 0 fully saturated rings. The summed E-state index contributed by atoms with van der Waals surface area (Å²) in [6, 6.07) is 5.66. The quantitative estimate of drug-likeness (QED) is 0.810. The molecule has 1 aromatic carbocycles. The summed E-state index contributed by atoms with van der Waals surface area (Å²) in [6.07, 6.45) is 1.20. The molecule has 1 aliphatic rings. The van der Waals surface area contributed by atoms with E-state index in [-0.39, 0.29) is 0 Å². The second kappa shape index (κ2) is 4.53. The first-order valence-electron chi connectivity index (χ1n) is 5.39. The topological polar surface area (TPSA) is 38.7 Å². The predicted molar refractivity (Wildman–Crippen MR) is 57.3 cm³/mol. The Hall–Kier alpha value is -1.22. The number of hydrogen-bond donors (Lipinski definition) is 1. The SMILES string of the molecule is CCOc1cccc2c1OCCCC2O. The second-order valence-corrected chi connectivity index (χ2v) is 3.61. The molecule has 1 heterocycles. The number of para-hydroxylation sites is 1. The van der Waals surface area contributed by atoms with Gasteiger partial charge in [0.2, 0.25) is 0 Å². The Labute approximate surface area is 89.6 Å². The van der Waals surface area contributed by atoms with E-state index in [1.807, 2.05) is 25.1 Å². The first kappa shape index (κ1) is 10.3. The number of aliphatic hydroxyl groups is 1. The molecule has 0 aliphatic carbocycles. The molecule has 0 aromatic heterocycles. The third kappa shape index (κ3) is 2.07. The highest BCUT2D eigenvalue weighted by Gasteiger charge is 2.20. The monoisotopic (exact) mass is 208 g/mol. The predicted octanol–water partition coefficient (Wildman–Crippen LogP) is 2.29. The van der Waals surface area contributed by atoms with Crippen LogP contribution in [-0.4, -0.2) is 18.3 Å². The van der Waals surface area contributed by atoms with Crippen LogP contribution in [0.4, 0.5) is 0 Å². The van der Waals surface area contributed by atoms with Crippen molar-refractivity contribution in [2.75, 3.05) is 13.2 Å². The van der Waals surface area contributed by atoms with Gasteiger partial charge in [-0.2, -0.15) is 0 Å². The summed E-state index contributed by atoms with van der Waals surface area (Å²) in [4.78, 5) is 0. The smallest absolute Gasteiger partial charge is 0.166 e. The van der Waals surface area contributed by atoms with Gasteiger partial charge in [0.1, 0.15) is 0 Å². The number of aliphatic hydroxyl groups excluding tert-OH is 1. The Kier molecular flexibility index (Phi) is 3.11. The minimum atomic E-state index is -0.428. The van der Waals surface area contributed by atoms with Gasteiger partial charge < -0.3 is 14.6 Å². The molecule has 0 radical (unpaired) electrons. The molecule has 2 rings (SSSR count). The molecule has 0 saturated carbocycles. The van der Waals surface area contributed by atoms with Crippen molar-refractivity contribution >= 4 is 0 Å². The Morgan fingerprint density at radius 3 is 3.20 bits per heavy atom. The number of benzene rings is 1. The van der Waals surface area contributed by atoms with Crippen LogP contribution in [0.15, 0.2) is 18.2 Å². The summed E-state index contributed by atoms with van der Waals surface area (Å²) in [5.41, 5.74) is 0.846. The molecule has 82 valence electrons. The van der Waals surface area contributed by atoms with Crippen LogP contribution in [0.3, 0.4) is 0 Å². The Bertz CT molecular complexity index is 336. The van der Waals surface area contributed by atoms with E-state index in [4.69, 9.17) is 9.47 Å². The minimum Gasteiger partial charge on any atom is -0.490 e. The normalized spacial score (nSPS) is 20.0. The zero-order valence-corrected chi connectivity index (χ0v) is 8.90. The number of hydrogen-bond acceptors (Lipinski definition) is 3. The first-order chi connectivity index (χ1) is 7.33. The molecule has 3 nitrogen and oxygen atoms in total. The first-order valence-corrected chi connectivity index (χ1v) is 5.39. The van der Waals surface area contributed by atoms with Gasteiger partial charge in [-0.25, -0.2) is 0 Å². The fourth-order valence-corrected chi connectivity index (χ4v) is 1.83. The molecule has 1 N–H and O–H groups in total. The third-order valence-corrected chi connectivity index (χ3v) is 2.54. The van der Waals surface area contributed by atoms with E-state index in [0.717, 1.165) is 24.2 Å². The molecular weight excluding hydrogens is 192 g/mol. The highest BCUT2D eigenvalue weighted by molar-refractivity contribution is 5.48. The van der Waals surface area contributed by atoms with Crippen LogP contribution < -0.4 is 9.47 Å². The van der Waals surface area contributed by atoms with Gasteiger partial charge in [-0.05, 0) is 25.8 Å². The maximum absolute atomic E-state index is 9.90. The van der Waals surface area contributed by atoms with Gasteiger partial charge in [0.05, 0.1) is 19.3 Å². The van der Waals surface area contributed by atoms with Gasteiger partial charge in [0.15, 0.2) is 11.5 Å². The molecule has 3 heteroatoms. The van der Waals surface area contributed by atoms with Crippen LogP contribution >= 0.6 is 0 Å². The molecule has 1 aliphatic heterocycles. The van der Waals surface area contributed by atoms with E-state index in [2.05, 4.69) is 0 Å². The summed E-state index contributed by atoms with van der Waals surface area (Å²) in [5, 5.41) is 9.90. The summed E-state index contributed by atoms with van der Waals surface area (Å²) in [5.74, 6) is 1.44. The van der Waals surface area contributed by atoms with E-state index >= 15 is 0 Å². The summed E-state index contributed by atoms with van der Waals surface area (Å²) < 4.78 is 11.1. The van der Waals surface area contributed by atoms with Gasteiger partial charge >= 0.3 is 0 Å². The van der Waals surface area contributed by atoms with Crippen molar-refractivity contribution in [1.29, 1.82) is 0 Å². The lowest BCUT2D eigenvalue weighted by Crippen LogP contribution is -2.01. The minimum absolute atomic E-state index is 0.428. The van der Waals surface area contributed by atoms with Crippen LogP contribution in [0.1, 0.15) is 31.4 Å². The van der Waals surface area contributed by atoms with Crippen LogP contribution in [0, 0.1) is 0 Å². The van der Waals surface area contributed by atoms with Gasteiger partial charge in [-0.3, -0.25) is 0 Å². The highest BCUT2D eigenvalue weighted by Crippen LogP contribution is 2.38. The second-order valence-electron chi connectivity index (χ2n) is 3.61. The van der Waals surface area contributed by atoms with E-state index in [0.29, 0.717) is 19.0 Å². The molecule has 0 amide bonds.